The Morgan fingerprint density at radius 3 is 2.55 bits per heavy atom. The van der Waals surface area contributed by atoms with Crippen molar-refractivity contribution >= 4 is 23.4 Å². The molecule has 0 spiro atoms. The van der Waals surface area contributed by atoms with Crippen LogP contribution in [0.1, 0.15) is 19.1 Å². The Hall–Kier alpha value is -1.69. The summed E-state index contributed by atoms with van der Waals surface area (Å²) in [5.41, 5.74) is 0. The van der Waals surface area contributed by atoms with Gasteiger partial charge in [0.1, 0.15) is 17.4 Å². The first kappa shape index (κ1) is 14.7. The minimum absolute atomic E-state index is 0.770. The molecule has 0 aromatic carbocycles. The fraction of sp³-hybridized carbons (Fsp3) is 0.429. The smallest absolute Gasteiger partial charge is 0.191 e. The highest BCUT2D eigenvalue weighted by atomic mass is 32.2. The van der Waals surface area contributed by atoms with Crippen LogP contribution in [0.25, 0.3) is 0 Å². The van der Waals surface area contributed by atoms with Gasteiger partial charge in [0, 0.05) is 25.6 Å². The number of hydrogen-bond acceptors (Lipinski definition) is 6. The van der Waals surface area contributed by atoms with E-state index in [4.69, 9.17) is 4.42 Å². The van der Waals surface area contributed by atoms with E-state index in [1.54, 1.807) is 18.0 Å². The van der Waals surface area contributed by atoms with Crippen LogP contribution in [0.15, 0.2) is 34.0 Å². The van der Waals surface area contributed by atoms with Crippen LogP contribution in [0.2, 0.25) is 0 Å². The van der Waals surface area contributed by atoms with E-state index in [1.165, 1.54) is 0 Å². The number of hydrogen-bond donors (Lipinski definition) is 2. The zero-order valence-corrected chi connectivity index (χ0v) is 12.7. The second kappa shape index (κ2) is 7.79. The summed E-state index contributed by atoms with van der Waals surface area (Å²) in [6.45, 7) is 3.83. The number of rotatable bonds is 8. The van der Waals surface area contributed by atoms with Gasteiger partial charge < -0.3 is 15.1 Å². The third-order valence-electron chi connectivity index (χ3n) is 2.70. The van der Waals surface area contributed by atoms with Crippen LogP contribution in [-0.2, 0) is 6.42 Å². The molecule has 2 aromatic rings. The van der Waals surface area contributed by atoms with Crippen molar-refractivity contribution < 1.29 is 4.42 Å². The Kier molecular flexibility index (Phi) is 5.73. The molecule has 2 N–H and O–H groups in total. The van der Waals surface area contributed by atoms with Gasteiger partial charge in [-0.1, -0.05) is 18.7 Å². The van der Waals surface area contributed by atoms with E-state index in [2.05, 4.69) is 27.5 Å². The van der Waals surface area contributed by atoms with Crippen LogP contribution in [0.5, 0.6) is 0 Å². The minimum atomic E-state index is 0.770. The summed E-state index contributed by atoms with van der Waals surface area (Å²) < 4.78 is 5.30. The van der Waals surface area contributed by atoms with Gasteiger partial charge in [0.2, 0.25) is 0 Å². The van der Waals surface area contributed by atoms with Crippen LogP contribution in [0.4, 0.5) is 11.6 Å². The lowest BCUT2D eigenvalue weighted by molar-refractivity contribution is 0.513. The van der Waals surface area contributed by atoms with Gasteiger partial charge in [0.25, 0.3) is 0 Å². The molecule has 6 heteroatoms. The summed E-state index contributed by atoms with van der Waals surface area (Å²) in [6, 6.07) is 5.82. The van der Waals surface area contributed by atoms with E-state index < -0.39 is 0 Å². The number of anilines is 2. The summed E-state index contributed by atoms with van der Waals surface area (Å²) in [4.78, 5) is 8.88. The molecule has 0 saturated carbocycles. The molecule has 2 rings (SSSR count). The molecular formula is C14H20N4OS. The van der Waals surface area contributed by atoms with Crippen LogP contribution < -0.4 is 10.6 Å². The fourth-order valence-corrected chi connectivity index (χ4v) is 2.10. The number of aromatic nitrogens is 2. The number of furan rings is 1. The average molecular weight is 292 g/mol. The van der Waals surface area contributed by atoms with E-state index in [9.17, 15) is 0 Å². The molecule has 0 radical (unpaired) electrons. The number of nitrogens with zero attached hydrogens (tertiary/aromatic N) is 2. The Morgan fingerprint density at radius 1 is 1.20 bits per heavy atom. The second-order valence-electron chi connectivity index (χ2n) is 4.31. The molecule has 5 nitrogen and oxygen atoms in total. The third kappa shape index (κ3) is 4.45. The summed E-state index contributed by atoms with van der Waals surface area (Å²) in [5, 5.41) is 7.37. The van der Waals surface area contributed by atoms with Gasteiger partial charge >= 0.3 is 0 Å². The normalized spacial score (nSPS) is 10.5. The zero-order valence-electron chi connectivity index (χ0n) is 11.8. The highest BCUT2D eigenvalue weighted by Gasteiger charge is 2.04. The number of nitrogens with one attached hydrogen (secondary N) is 2. The van der Waals surface area contributed by atoms with E-state index in [-0.39, 0.29) is 0 Å². The zero-order chi connectivity index (χ0) is 14.2. The first-order valence-corrected chi connectivity index (χ1v) is 7.97. The van der Waals surface area contributed by atoms with E-state index in [0.29, 0.717) is 0 Å². The second-order valence-corrected chi connectivity index (χ2v) is 5.08. The molecule has 0 fully saturated rings. The predicted octanol–water partition coefficient (Wildman–Crippen LogP) is 3.27. The maximum atomic E-state index is 5.30. The molecule has 108 valence electrons. The van der Waals surface area contributed by atoms with E-state index >= 15 is 0 Å². The summed E-state index contributed by atoms with van der Waals surface area (Å²) in [6.07, 6.45) is 5.58. The lowest BCUT2D eigenvalue weighted by Crippen LogP contribution is -2.09. The highest BCUT2D eigenvalue weighted by Crippen LogP contribution is 2.17. The van der Waals surface area contributed by atoms with Gasteiger partial charge in [0.15, 0.2) is 5.16 Å². The molecule has 2 heterocycles. The molecule has 0 amide bonds. The minimum Gasteiger partial charge on any atom is -0.469 e. The van der Waals surface area contributed by atoms with Crippen molar-refractivity contribution in [3.8, 4) is 0 Å². The van der Waals surface area contributed by atoms with E-state index in [1.807, 2.05) is 24.5 Å². The van der Waals surface area contributed by atoms with Gasteiger partial charge in [-0.2, -0.15) is 0 Å². The van der Waals surface area contributed by atoms with Crippen LogP contribution >= 0.6 is 11.8 Å². The quantitative estimate of drug-likeness (QED) is 0.575. The van der Waals surface area contributed by atoms with Crippen molar-refractivity contribution in [3.63, 3.8) is 0 Å². The topological polar surface area (TPSA) is 63.0 Å². The molecule has 0 aliphatic carbocycles. The SMILES string of the molecule is CCCNc1cc(NCCc2ccco2)nc(SC)n1. The lowest BCUT2D eigenvalue weighted by Gasteiger charge is -2.09. The van der Waals surface area contributed by atoms with Crippen molar-refractivity contribution in [1.29, 1.82) is 0 Å². The summed E-state index contributed by atoms with van der Waals surface area (Å²) in [7, 11) is 0. The maximum absolute atomic E-state index is 5.30. The Labute approximate surface area is 123 Å². The Balaban J connectivity index is 1.94. The first-order chi connectivity index (χ1) is 9.81. The van der Waals surface area contributed by atoms with Gasteiger partial charge in [-0.3, -0.25) is 0 Å². The molecule has 0 unspecified atom stereocenters. The molecular weight excluding hydrogens is 272 g/mol. The van der Waals surface area contributed by atoms with Crippen LogP contribution in [0, 0.1) is 0 Å². The number of thioether (sulfide) groups is 1. The fourth-order valence-electron chi connectivity index (χ4n) is 1.72. The van der Waals surface area contributed by atoms with Gasteiger partial charge in [0.05, 0.1) is 6.26 Å². The molecule has 0 bridgehead atoms. The molecule has 0 aliphatic heterocycles. The Bertz CT molecular complexity index is 516. The monoisotopic (exact) mass is 292 g/mol. The van der Waals surface area contributed by atoms with E-state index in [0.717, 1.165) is 48.5 Å². The lowest BCUT2D eigenvalue weighted by atomic mass is 10.3. The molecule has 20 heavy (non-hydrogen) atoms. The van der Waals surface area contributed by atoms with Crippen LogP contribution in [-0.4, -0.2) is 29.3 Å². The van der Waals surface area contributed by atoms with Crippen molar-refractivity contribution in [2.24, 2.45) is 0 Å². The largest absolute Gasteiger partial charge is 0.469 e. The van der Waals surface area contributed by atoms with Crippen molar-refractivity contribution in [3.05, 3.63) is 30.2 Å². The molecule has 0 atom stereocenters. The van der Waals surface area contributed by atoms with Gasteiger partial charge in [-0.05, 0) is 24.8 Å². The highest BCUT2D eigenvalue weighted by molar-refractivity contribution is 7.98. The maximum Gasteiger partial charge on any atom is 0.191 e. The standard InChI is InChI=1S/C14H20N4OS/c1-3-7-15-12-10-13(18-14(17-12)20-2)16-8-6-11-5-4-9-19-11/h4-5,9-10H,3,6-8H2,1-2H3,(H2,15,16,17,18). The molecule has 2 aromatic heterocycles. The summed E-state index contributed by atoms with van der Waals surface area (Å²) >= 11 is 1.54. The van der Waals surface area contributed by atoms with Crippen LogP contribution in [0.3, 0.4) is 0 Å². The van der Waals surface area contributed by atoms with Crippen molar-refractivity contribution in [1.82, 2.24) is 9.97 Å². The molecule has 0 aliphatic rings. The van der Waals surface area contributed by atoms with Crippen molar-refractivity contribution in [2.75, 3.05) is 30.0 Å². The third-order valence-corrected chi connectivity index (χ3v) is 3.25. The van der Waals surface area contributed by atoms with Gasteiger partial charge in [-0.25, -0.2) is 9.97 Å². The Morgan fingerprint density at radius 2 is 1.95 bits per heavy atom. The van der Waals surface area contributed by atoms with Crippen molar-refractivity contribution in [2.45, 2.75) is 24.9 Å². The predicted molar refractivity (Wildman–Crippen MR) is 83.5 cm³/mol. The molecule has 0 saturated heterocycles. The first-order valence-electron chi connectivity index (χ1n) is 6.75. The van der Waals surface area contributed by atoms with Gasteiger partial charge in [-0.15, -0.1) is 0 Å². The summed E-state index contributed by atoms with van der Waals surface area (Å²) in [5.74, 6) is 2.68. The average Bonchev–Trinajstić information content (AvgIpc) is 2.98.